The fourth-order valence-electron chi connectivity index (χ4n) is 2.70. The van der Waals surface area contributed by atoms with Gasteiger partial charge in [-0.15, -0.1) is 4.91 Å². The molecule has 0 spiro atoms. The molecule has 0 saturated heterocycles. The molecule has 1 aromatic rings. The number of allylic oxidation sites excluding steroid dienone is 3. The van der Waals surface area contributed by atoms with E-state index in [0.717, 1.165) is 22.8 Å². The minimum atomic E-state index is -0.488. The van der Waals surface area contributed by atoms with Gasteiger partial charge in [-0.3, -0.25) is 4.79 Å². The minimum Gasteiger partial charge on any atom is -0.361 e. The van der Waals surface area contributed by atoms with Crippen molar-refractivity contribution in [2.24, 2.45) is 5.29 Å². The molecule has 2 aliphatic rings. The number of nitrogens with one attached hydrogen (secondary N) is 3. The summed E-state index contributed by atoms with van der Waals surface area (Å²) in [6.45, 7) is 1.96. The summed E-state index contributed by atoms with van der Waals surface area (Å²) in [4.78, 5) is 23.7. The highest BCUT2D eigenvalue weighted by Gasteiger charge is 2.32. The van der Waals surface area contributed by atoms with Crippen molar-refractivity contribution >= 4 is 11.6 Å². The van der Waals surface area contributed by atoms with Crippen LogP contribution in [0.25, 0.3) is 5.70 Å². The zero-order chi connectivity index (χ0) is 16.2. The van der Waals surface area contributed by atoms with Crippen LogP contribution < -0.4 is 16.1 Å². The van der Waals surface area contributed by atoms with Gasteiger partial charge in [-0.05, 0) is 19.1 Å². The zero-order valence-electron chi connectivity index (χ0n) is 12.6. The average molecular weight is 311 g/mol. The molecular formula is C16H17N5O2. The van der Waals surface area contributed by atoms with Gasteiger partial charge in [-0.25, -0.2) is 5.43 Å². The molecule has 0 aromatic heterocycles. The van der Waals surface area contributed by atoms with E-state index in [0.29, 0.717) is 0 Å². The second kappa shape index (κ2) is 6.35. The maximum absolute atomic E-state index is 11.5. The molecule has 23 heavy (non-hydrogen) atoms. The molecule has 2 heterocycles. The maximum Gasteiger partial charge on any atom is 0.261 e. The topological polar surface area (TPSA) is 85.8 Å². The molecule has 0 radical (unpaired) electrons. The molecule has 3 rings (SSSR count). The normalized spacial score (nSPS) is 18.9. The predicted molar refractivity (Wildman–Crippen MR) is 87.0 cm³/mol. The molecule has 0 bridgehead atoms. The molecule has 0 aliphatic carbocycles. The molecule has 7 heteroatoms. The SMILES string of the molecule is CC1=CC=CC2NC(c3ccccc3)=C(NCC(=O)NN=O)N12. The van der Waals surface area contributed by atoms with Crippen molar-refractivity contribution in [3.8, 4) is 0 Å². The van der Waals surface area contributed by atoms with Crippen LogP contribution in [0.5, 0.6) is 0 Å². The summed E-state index contributed by atoms with van der Waals surface area (Å²) in [5.41, 5.74) is 4.85. The van der Waals surface area contributed by atoms with Crippen LogP contribution in [-0.4, -0.2) is 23.5 Å². The zero-order valence-corrected chi connectivity index (χ0v) is 12.6. The highest BCUT2D eigenvalue weighted by molar-refractivity contribution is 5.78. The molecule has 0 fully saturated rings. The largest absolute Gasteiger partial charge is 0.361 e. The Labute approximate surface area is 133 Å². The lowest BCUT2D eigenvalue weighted by Crippen LogP contribution is -2.40. The highest BCUT2D eigenvalue weighted by atomic mass is 16.3. The van der Waals surface area contributed by atoms with E-state index in [2.05, 4.69) is 20.8 Å². The van der Waals surface area contributed by atoms with Crippen molar-refractivity contribution in [3.05, 3.63) is 70.5 Å². The van der Waals surface area contributed by atoms with E-state index >= 15 is 0 Å². The molecule has 1 atom stereocenters. The van der Waals surface area contributed by atoms with Crippen LogP contribution in [0.15, 0.2) is 65.4 Å². The van der Waals surface area contributed by atoms with E-state index in [1.165, 1.54) is 0 Å². The molecule has 2 aliphatic heterocycles. The Hall–Kier alpha value is -3.09. The van der Waals surface area contributed by atoms with Crippen molar-refractivity contribution in [2.45, 2.75) is 13.1 Å². The third-order valence-corrected chi connectivity index (χ3v) is 3.71. The molecule has 7 nitrogen and oxygen atoms in total. The van der Waals surface area contributed by atoms with Crippen LogP contribution in [0.1, 0.15) is 12.5 Å². The fourth-order valence-corrected chi connectivity index (χ4v) is 2.70. The number of amides is 1. The van der Waals surface area contributed by atoms with Gasteiger partial charge in [-0.1, -0.05) is 36.4 Å². The van der Waals surface area contributed by atoms with Crippen molar-refractivity contribution in [2.75, 3.05) is 6.54 Å². The van der Waals surface area contributed by atoms with Gasteiger partial charge in [0.25, 0.3) is 5.91 Å². The van der Waals surface area contributed by atoms with Crippen molar-refractivity contribution in [3.63, 3.8) is 0 Å². The standard InChI is InChI=1S/C16H17N5O2/c1-11-6-5-9-13-18-15(12-7-3-2-4-8-12)16(21(11)13)17-10-14(22)19-20-23/h2-9,13,17-18H,10H2,1H3,(H,19,22,23). The lowest BCUT2D eigenvalue weighted by molar-refractivity contribution is -0.120. The van der Waals surface area contributed by atoms with Gasteiger partial charge in [0.15, 0.2) is 0 Å². The summed E-state index contributed by atoms with van der Waals surface area (Å²) in [6.07, 6.45) is 6.03. The second-order valence-corrected chi connectivity index (χ2v) is 5.22. The quantitative estimate of drug-likeness (QED) is 0.565. The first-order valence-electron chi connectivity index (χ1n) is 7.26. The van der Waals surface area contributed by atoms with Gasteiger partial charge in [0.2, 0.25) is 0 Å². The Morgan fingerprint density at radius 1 is 1.35 bits per heavy atom. The highest BCUT2D eigenvalue weighted by Crippen LogP contribution is 2.31. The third-order valence-electron chi connectivity index (χ3n) is 3.71. The van der Waals surface area contributed by atoms with Gasteiger partial charge in [0.1, 0.15) is 12.0 Å². The van der Waals surface area contributed by atoms with E-state index in [4.69, 9.17) is 0 Å². The van der Waals surface area contributed by atoms with Crippen LogP contribution in [0.2, 0.25) is 0 Å². The monoisotopic (exact) mass is 311 g/mol. The number of carbonyl (C=O) groups excluding carboxylic acids is 1. The number of fused-ring (bicyclic) bond motifs is 1. The van der Waals surface area contributed by atoms with Gasteiger partial charge < -0.3 is 15.5 Å². The third kappa shape index (κ3) is 2.94. The fraction of sp³-hybridized carbons (Fsp3) is 0.188. The van der Waals surface area contributed by atoms with Gasteiger partial charge >= 0.3 is 0 Å². The van der Waals surface area contributed by atoms with Crippen molar-refractivity contribution in [1.29, 1.82) is 0 Å². The summed E-state index contributed by atoms with van der Waals surface area (Å²) >= 11 is 0. The summed E-state index contributed by atoms with van der Waals surface area (Å²) in [5.74, 6) is 0.304. The molecule has 1 amide bonds. The number of nitroso groups, excluding NO2 is 1. The average Bonchev–Trinajstić information content (AvgIpc) is 2.94. The Bertz CT molecular complexity index is 708. The van der Waals surface area contributed by atoms with Crippen molar-refractivity contribution < 1.29 is 4.79 Å². The first-order chi connectivity index (χ1) is 11.2. The summed E-state index contributed by atoms with van der Waals surface area (Å²) in [6, 6.07) is 9.87. The molecule has 1 aromatic carbocycles. The van der Waals surface area contributed by atoms with Crippen LogP contribution >= 0.6 is 0 Å². The lowest BCUT2D eigenvalue weighted by Gasteiger charge is -2.30. The van der Waals surface area contributed by atoms with Crippen molar-refractivity contribution in [1.82, 2.24) is 21.0 Å². The lowest BCUT2D eigenvalue weighted by atomic mass is 10.1. The predicted octanol–water partition coefficient (Wildman–Crippen LogP) is 1.40. The van der Waals surface area contributed by atoms with Gasteiger partial charge in [0, 0.05) is 11.3 Å². The number of hydrogen-bond donors (Lipinski definition) is 3. The Morgan fingerprint density at radius 3 is 2.87 bits per heavy atom. The van der Waals surface area contributed by atoms with E-state index in [-0.39, 0.29) is 12.7 Å². The molecule has 0 saturated carbocycles. The minimum absolute atomic E-state index is 0.00929. The molecular weight excluding hydrogens is 294 g/mol. The summed E-state index contributed by atoms with van der Waals surface area (Å²) in [7, 11) is 0. The summed E-state index contributed by atoms with van der Waals surface area (Å²) in [5, 5.41) is 8.94. The van der Waals surface area contributed by atoms with E-state index in [1.807, 2.05) is 60.9 Å². The van der Waals surface area contributed by atoms with E-state index in [1.54, 1.807) is 0 Å². The Balaban J connectivity index is 1.92. The smallest absolute Gasteiger partial charge is 0.261 e. The van der Waals surface area contributed by atoms with Crippen LogP contribution in [0.4, 0.5) is 0 Å². The number of rotatable bonds is 5. The number of hydrogen-bond acceptors (Lipinski definition) is 6. The van der Waals surface area contributed by atoms with Gasteiger partial charge in [0.05, 0.1) is 17.5 Å². The van der Waals surface area contributed by atoms with Crippen LogP contribution in [0, 0.1) is 4.91 Å². The van der Waals surface area contributed by atoms with Gasteiger partial charge in [-0.2, -0.15) is 0 Å². The molecule has 1 unspecified atom stereocenters. The number of nitrogens with zero attached hydrogens (tertiary/aromatic N) is 2. The first kappa shape index (κ1) is 14.8. The van der Waals surface area contributed by atoms with Crippen LogP contribution in [-0.2, 0) is 4.79 Å². The Kier molecular flexibility index (Phi) is 4.09. The molecule has 3 N–H and O–H groups in total. The van der Waals surface area contributed by atoms with E-state index in [9.17, 15) is 9.70 Å². The maximum atomic E-state index is 11.5. The Morgan fingerprint density at radius 2 is 2.13 bits per heavy atom. The van der Waals surface area contributed by atoms with E-state index < -0.39 is 5.91 Å². The first-order valence-corrected chi connectivity index (χ1v) is 7.26. The second-order valence-electron chi connectivity index (χ2n) is 5.22. The number of carbonyl (C=O) groups is 1. The molecule has 118 valence electrons. The van der Waals surface area contributed by atoms with Crippen LogP contribution in [0.3, 0.4) is 0 Å². The summed E-state index contributed by atoms with van der Waals surface area (Å²) < 4.78 is 0. The number of benzene rings is 1.